The molecule has 1 aliphatic rings. The minimum absolute atomic E-state index is 0.0721. The van der Waals surface area contributed by atoms with Crippen LogP contribution in [0, 0.1) is 33.5 Å². The molecule has 0 bridgehead atoms. The van der Waals surface area contributed by atoms with E-state index < -0.39 is 5.82 Å². The Morgan fingerprint density at radius 1 is 1.06 bits per heavy atom. The van der Waals surface area contributed by atoms with E-state index >= 15 is 0 Å². The molecule has 2 aromatic carbocycles. The van der Waals surface area contributed by atoms with Gasteiger partial charge in [-0.1, -0.05) is 17.7 Å². The van der Waals surface area contributed by atoms with Crippen LogP contribution in [-0.2, 0) is 4.79 Å². The van der Waals surface area contributed by atoms with Crippen molar-refractivity contribution in [1.82, 2.24) is 9.88 Å². The van der Waals surface area contributed by atoms with Crippen molar-refractivity contribution >= 4 is 46.2 Å². The van der Waals surface area contributed by atoms with Gasteiger partial charge in [0.15, 0.2) is 5.17 Å². The predicted molar refractivity (Wildman–Crippen MR) is 127 cm³/mol. The number of halogens is 2. The van der Waals surface area contributed by atoms with Crippen LogP contribution < -0.4 is 5.32 Å². The van der Waals surface area contributed by atoms with Crippen LogP contribution in [0.5, 0.6) is 0 Å². The van der Waals surface area contributed by atoms with Crippen molar-refractivity contribution in [3.63, 3.8) is 0 Å². The summed E-state index contributed by atoms with van der Waals surface area (Å²) in [6, 6.07) is 12.7. The molecule has 1 saturated heterocycles. The molecule has 0 spiro atoms. The summed E-state index contributed by atoms with van der Waals surface area (Å²) in [5.74, 6) is -0.632. The Labute approximate surface area is 189 Å². The van der Waals surface area contributed by atoms with Crippen molar-refractivity contribution in [3.05, 3.63) is 86.3 Å². The Bertz CT molecular complexity index is 1260. The van der Waals surface area contributed by atoms with Gasteiger partial charge in [0.1, 0.15) is 5.82 Å². The smallest absolute Gasteiger partial charge is 0.264 e. The number of thioether (sulfide) groups is 1. The maximum absolute atomic E-state index is 13.6. The van der Waals surface area contributed by atoms with Crippen molar-refractivity contribution in [3.8, 4) is 5.69 Å². The van der Waals surface area contributed by atoms with Gasteiger partial charge >= 0.3 is 0 Å². The van der Waals surface area contributed by atoms with E-state index in [1.165, 1.54) is 17.8 Å². The standard InChI is InChI=1S/C24H21ClFN3OS/c1-13-7-14(2)9-18(8-13)27-24-28-23(30)22(31-24)11-17-10-15(3)29(16(17)4)19-5-6-21(26)20(25)12-19/h5-12H,1-4H3,(H,27,28,30)/b22-11-. The van der Waals surface area contributed by atoms with Crippen molar-refractivity contribution in [2.24, 2.45) is 4.99 Å². The van der Waals surface area contributed by atoms with E-state index in [-0.39, 0.29) is 10.9 Å². The summed E-state index contributed by atoms with van der Waals surface area (Å²) in [5.41, 5.74) is 6.62. The molecule has 1 aliphatic heterocycles. The van der Waals surface area contributed by atoms with E-state index in [9.17, 15) is 9.18 Å². The van der Waals surface area contributed by atoms with Crippen molar-refractivity contribution in [2.75, 3.05) is 0 Å². The van der Waals surface area contributed by atoms with E-state index in [0.717, 1.165) is 39.5 Å². The molecule has 0 saturated carbocycles. The summed E-state index contributed by atoms with van der Waals surface area (Å²) in [6.45, 7) is 7.96. The van der Waals surface area contributed by atoms with Gasteiger partial charge in [0.05, 0.1) is 15.6 Å². The zero-order chi connectivity index (χ0) is 22.3. The molecule has 158 valence electrons. The number of nitrogens with zero attached hydrogens (tertiary/aromatic N) is 2. The molecule has 1 amide bonds. The lowest BCUT2D eigenvalue weighted by atomic mass is 10.1. The molecule has 0 aliphatic carbocycles. The third kappa shape index (κ3) is 4.45. The van der Waals surface area contributed by atoms with Crippen LogP contribution in [0.25, 0.3) is 11.8 Å². The van der Waals surface area contributed by atoms with Crippen LogP contribution in [0.1, 0.15) is 28.1 Å². The van der Waals surface area contributed by atoms with E-state index in [1.54, 1.807) is 12.1 Å². The first-order chi connectivity index (χ1) is 14.7. The van der Waals surface area contributed by atoms with Gasteiger partial charge in [0, 0.05) is 17.1 Å². The SMILES string of the molecule is Cc1cc(C)cc(N=C2NC(=O)/C(=C/c3cc(C)n(-c4ccc(F)c(Cl)c4)c3C)S2)c1. The minimum Gasteiger partial charge on any atom is -0.318 e. The number of carbonyl (C=O) groups excluding carboxylic acids is 1. The van der Waals surface area contributed by atoms with Gasteiger partial charge in [-0.05, 0) is 98.6 Å². The highest BCUT2D eigenvalue weighted by Crippen LogP contribution is 2.31. The Hall–Kier alpha value is -2.83. The lowest BCUT2D eigenvalue weighted by Crippen LogP contribution is -2.19. The molecule has 2 heterocycles. The third-order valence-corrected chi connectivity index (χ3v) is 6.21. The fourth-order valence-electron chi connectivity index (χ4n) is 3.71. The highest BCUT2D eigenvalue weighted by Gasteiger charge is 2.24. The summed E-state index contributed by atoms with van der Waals surface area (Å²) in [6.07, 6.45) is 1.86. The fraction of sp³-hybridized carbons (Fsp3) is 0.167. The van der Waals surface area contributed by atoms with Crippen LogP contribution in [0.4, 0.5) is 10.1 Å². The number of nitrogens with one attached hydrogen (secondary N) is 1. The Kier molecular flexibility index (Phi) is 5.77. The molecular weight excluding hydrogens is 433 g/mol. The zero-order valence-electron chi connectivity index (χ0n) is 17.6. The Morgan fingerprint density at radius 2 is 1.77 bits per heavy atom. The van der Waals surface area contributed by atoms with Gasteiger partial charge in [-0.2, -0.15) is 0 Å². The first kappa shape index (κ1) is 21.4. The molecule has 4 nitrogen and oxygen atoms in total. The largest absolute Gasteiger partial charge is 0.318 e. The number of aliphatic imine (C=N–C) groups is 1. The van der Waals surface area contributed by atoms with Gasteiger partial charge in [0.25, 0.3) is 5.91 Å². The van der Waals surface area contributed by atoms with Crippen LogP contribution in [0.2, 0.25) is 5.02 Å². The number of amidine groups is 1. The summed E-state index contributed by atoms with van der Waals surface area (Å²) in [5, 5.41) is 3.47. The summed E-state index contributed by atoms with van der Waals surface area (Å²) in [7, 11) is 0. The Morgan fingerprint density at radius 3 is 2.45 bits per heavy atom. The fourth-order valence-corrected chi connectivity index (χ4v) is 4.72. The molecular formula is C24H21ClFN3OS. The van der Waals surface area contributed by atoms with Gasteiger partial charge in [-0.15, -0.1) is 0 Å². The normalized spacial score (nSPS) is 16.4. The molecule has 3 aromatic rings. The molecule has 0 unspecified atom stereocenters. The quantitative estimate of drug-likeness (QED) is 0.466. The highest BCUT2D eigenvalue weighted by atomic mass is 35.5. The van der Waals surface area contributed by atoms with Crippen molar-refractivity contribution < 1.29 is 9.18 Å². The predicted octanol–water partition coefficient (Wildman–Crippen LogP) is 6.40. The summed E-state index contributed by atoms with van der Waals surface area (Å²) < 4.78 is 15.5. The zero-order valence-corrected chi connectivity index (χ0v) is 19.2. The van der Waals surface area contributed by atoms with Crippen LogP contribution in [-0.4, -0.2) is 15.6 Å². The average molecular weight is 454 g/mol. The van der Waals surface area contributed by atoms with Gasteiger partial charge in [0.2, 0.25) is 0 Å². The van der Waals surface area contributed by atoms with Gasteiger partial charge < -0.3 is 9.88 Å². The minimum atomic E-state index is -0.454. The molecule has 1 aromatic heterocycles. The van der Waals surface area contributed by atoms with Gasteiger partial charge in [-0.25, -0.2) is 9.38 Å². The molecule has 1 N–H and O–H groups in total. The van der Waals surface area contributed by atoms with Crippen LogP contribution in [0.3, 0.4) is 0 Å². The van der Waals surface area contributed by atoms with Crippen LogP contribution in [0.15, 0.2) is 52.4 Å². The number of amides is 1. The number of benzene rings is 2. The first-order valence-corrected chi connectivity index (χ1v) is 10.9. The second kappa shape index (κ2) is 8.36. The molecule has 4 rings (SSSR count). The van der Waals surface area contributed by atoms with E-state index in [2.05, 4.69) is 16.4 Å². The number of hydrogen-bond donors (Lipinski definition) is 1. The summed E-state index contributed by atoms with van der Waals surface area (Å²) in [4.78, 5) is 17.7. The first-order valence-electron chi connectivity index (χ1n) is 9.73. The maximum atomic E-state index is 13.6. The third-order valence-electron chi connectivity index (χ3n) is 5.01. The molecule has 1 fully saturated rings. The van der Waals surface area contributed by atoms with E-state index in [4.69, 9.17) is 11.6 Å². The number of aromatic nitrogens is 1. The maximum Gasteiger partial charge on any atom is 0.264 e. The second-order valence-electron chi connectivity index (χ2n) is 7.59. The molecule has 31 heavy (non-hydrogen) atoms. The van der Waals surface area contributed by atoms with Crippen molar-refractivity contribution in [2.45, 2.75) is 27.7 Å². The van der Waals surface area contributed by atoms with Gasteiger partial charge in [-0.3, -0.25) is 4.79 Å². The van der Waals surface area contributed by atoms with E-state index in [1.807, 2.05) is 56.5 Å². The number of hydrogen-bond acceptors (Lipinski definition) is 3. The monoisotopic (exact) mass is 453 g/mol. The second-order valence-corrected chi connectivity index (χ2v) is 9.03. The lowest BCUT2D eigenvalue weighted by Gasteiger charge is -2.10. The number of aryl methyl sites for hydroxylation is 3. The highest BCUT2D eigenvalue weighted by molar-refractivity contribution is 8.18. The van der Waals surface area contributed by atoms with E-state index in [0.29, 0.717) is 10.1 Å². The number of rotatable bonds is 3. The average Bonchev–Trinajstić information content (AvgIpc) is 3.15. The summed E-state index contributed by atoms with van der Waals surface area (Å²) >= 11 is 7.28. The number of carbonyl (C=O) groups is 1. The molecule has 7 heteroatoms. The van der Waals surface area contributed by atoms with Crippen LogP contribution >= 0.6 is 23.4 Å². The molecule has 0 atom stereocenters. The topological polar surface area (TPSA) is 46.4 Å². The lowest BCUT2D eigenvalue weighted by molar-refractivity contribution is -0.115. The van der Waals surface area contributed by atoms with Crippen molar-refractivity contribution in [1.29, 1.82) is 0 Å². The Balaban J connectivity index is 1.65. The molecule has 0 radical (unpaired) electrons.